The third-order valence-electron chi connectivity index (χ3n) is 4.42. The fourth-order valence-electron chi connectivity index (χ4n) is 2.85. The molecule has 0 spiro atoms. The summed E-state index contributed by atoms with van der Waals surface area (Å²) in [4.78, 5) is 10.2. The molecule has 1 fully saturated rings. The Kier molecular flexibility index (Phi) is 4.53. The minimum atomic E-state index is -0.359. The van der Waals surface area contributed by atoms with E-state index in [1.807, 2.05) is 12.1 Å². The smallest absolute Gasteiger partial charge is 0.269 e. The van der Waals surface area contributed by atoms with Gasteiger partial charge in [0.25, 0.3) is 5.69 Å². The molecule has 0 heterocycles. The quantitative estimate of drug-likeness (QED) is 0.667. The second kappa shape index (κ2) is 6.15. The summed E-state index contributed by atoms with van der Waals surface area (Å²) in [5.41, 5.74) is 1.26. The molecule has 2 rings (SSSR count). The minimum absolute atomic E-state index is 0.156. The Labute approximate surface area is 114 Å². The Morgan fingerprint density at radius 1 is 1.26 bits per heavy atom. The van der Waals surface area contributed by atoms with E-state index in [9.17, 15) is 10.1 Å². The van der Waals surface area contributed by atoms with Crippen LogP contribution >= 0.6 is 0 Å². The number of rotatable bonds is 4. The molecule has 0 amide bonds. The van der Waals surface area contributed by atoms with Crippen molar-refractivity contribution in [1.29, 1.82) is 0 Å². The lowest BCUT2D eigenvalue weighted by atomic mass is 9.78. The molecule has 0 aliphatic heterocycles. The van der Waals surface area contributed by atoms with E-state index in [1.165, 1.54) is 19.3 Å². The average molecular weight is 262 g/mol. The second-order valence-corrected chi connectivity index (χ2v) is 5.68. The molecule has 1 aromatic rings. The number of nitrogens with zero attached hydrogens (tertiary/aromatic N) is 1. The van der Waals surface area contributed by atoms with Crippen molar-refractivity contribution >= 4 is 5.69 Å². The fraction of sp³-hybridized carbons (Fsp3) is 0.600. The number of hydrogen-bond donors (Lipinski definition) is 1. The lowest BCUT2D eigenvalue weighted by Crippen LogP contribution is -2.40. The molecule has 1 aliphatic carbocycles. The number of nitro benzene ring substituents is 1. The summed E-state index contributed by atoms with van der Waals surface area (Å²) in [6.07, 6.45) is 3.86. The fourth-order valence-corrected chi connectivity index (χ4v) is 2.85. The first kappa shape index (κ1) is 14.0. The highest BCUT2D eigenvalue weighted by atomic mass is 16.6. The van der Waals surface area contributed by atoms with E-state index in [0.29, 0.717) is 12.0 Å². The molecule has 3 unspecified atom stereocenters. The number of nitro groups is 1. The molecule has 19 heavy (non-hydrogen) atoms. The van der Waals surface area contributed by atoms with Gasteiger partial charge >= 0.3 is 0 Å². The van der Waals surface area contributed by atoms with Crippen LogP contribution < -0.4 is 5.32 Å². The van der Waals surface area contributed by atoms with E-state index in [2.05, 4.69) is 19.2 Å². The third kappa shape index (κ3) is 3.53. The molecule has 0 aromatic heterocycles. The van der Waals surface area contributed by atoms with Gasteiger partial charge in [0, 0.05) is 24.7 Å². The van der Waals surface area contributed by atoms with Crippen molar-refractivity contribution in [2.75, 3.05) is 0 Å². The van der Waals surface area contributed by atoms with Crippen LogP contribution in [0.2, 0.25) is 0 Å². The first-order valence-electron chi connectivity index (χ1n) is 7.04. The minimum Gasteiger partial charge on any atom is -0.310 e. The number of benzene rings is 1. The predicted octanol–water partition coefficient (Wildman–Crippen LogP) is 3.51. The van der Waals surface area contributed by atoms with Crippen LogP contribution in [0.1, 0.15) is 38.7 Å². The Bertz CT molecular complexity index is 430. The summed E-state index contributed by atoms with van der Waals surface area (Å²) < 4.78 is 0. The first-order valence-corrected chi connectivity index (χ1v) is 7.04. The molecule has 1 aromatic carbocycles. The maximum atomic E-state index is 10.6. The Morgan fingerprint density at radius 3 is 2.58 bits per heavy atom. The monoisotopic (exact) mass is 262 g/mol. The Morgan fingerprint density at radius 2 is 1.95 bits per heavy atom. The largest absolute Gasteiger partial charge is 0.310 e. The molecule has 1 aliphatic rings. The predicted molar refractivity (Wildman–Crippen MR) is 75.9 cm³/mol. The van der Waals surface area contributed by atoms with Crippen LogP contribution in [-0.2, 0) is 6.54 Å². The molecule has 104 valence electrons. The molecular weight excluding hydrogens is 240 g/mol. The van der Waals surface area contributed by atoms with Crippen molar-refractivity contribution < 1.29 is 4.92 Å². The van der Waals surface area contributed by atoms with Crippen LogP contribution in [-0.4, -0.2) is 11.0 Å². The summed E-state index contributed by atoms with van der Waals surface area (Å²) in [5.74, 6) is 1.48. The lowest BCUT2D eigenvalue weighted by molar-refractivity contribution is -0.384. The highest BCUT2D eigenvalue weighted by Gasteiger charge is 2.26. The molecule has 0 bridgehead atoms. The van der Waals surface area contributed by atoms with Gasteiger partial charge in [0.15, 0.2) is 0 Å². The van der Waals surface area contributed by atoms with Gasteiger partial charge in [0.1, 0.15) is 0 Å². The molecular formula is C15H22N2O2. The van der Waals surface area contributed by atoms with E-state index in [-0.39, 0.29) is 10.6 Å². The van der Waals surface area contributed by atoms with E-state index in [0.717, 1.165) is 18.0 Å². The van der Waals surface area contributed by atoms with Gasteiger partial charge in [-0.3, -0.25) is 10.1 Å². The SMILES string of the molecule is CC1CCCC(NCc2ccc([N+](=O)[O-])cc2)C1C. The van der Waals surface area contributed by atoms with Gasteiger partial charge in [-0.25, -0.2) is 0 Å². The van der Waals surface area contributed by atoms with Gasteiger partial charge in [-0.1, -0.05) is 38.8 Å². The molecule has 1 saturated carbocycles. The van der Waals surface area contributed by atoms with Gasteiger partial charge in [-0.05, 0) is 23.8 Å². The first-order chi connectivity index (χ1) is 9.08. The van der Waals surface area contributed by atoms with Crippen LogP contribution in [0, 0.1) is 22.0 Å². The molecule has 0 radical (unpaired) electrons. The van der Waals surface area contributed by atoms with E-state index in [4.69, 9.17) is 0 Å². The second-order valence-electron chi connectivity index (χ2n) is 5.68. The van der Waals surface area contributed by atoms with Crippen molar-refractivity contribution in [2.45, 2.75) is 45.7 Å². The van der Waals surface area contributed by atoms with E-state index >= 15 is 0 Å². The summed E-state index contributed by atoms with van der Waals surface area (Å²) >= 11 is 0. The topological polar surface area (TPSA) is 55.2 Å². The maximum Gasteiger partial charge on any atom is 0.269 e. The highest BCUT2D eigenvalue weighted by molar-refractivity contribution is 5.32. The summed E-state index contributed by atoms with van der Waals surface area (Å²) in [5, 5.41) is 14.2. The van der Waals surface area contributed by atoms with Gasteiger partial charge in [0.05, 0.1) is 4.92 Å². The number of hydrogen-bond acceptors (Lipinski definition) is 3. The molecule has 4 heteroatoms. The standard InChI is InChI=1S/C15H22N2O2/c1-11-4-3-5-15(12(11)2)16-10-13-6-8-14(9-7-13)17(18)19/h6-9,11-12,15-16H,3-5,10H2,1-2H3. The Balaban J connectivity index is 1.89. The zero-order valence-corrected chi connectivity index (χ0v) is 11.6. The zero-order chi connectivity index (χ0) is 13.8. The van der Waals surface area contributed by atoms with Crippen LogP contribution in [0.15, 0.2) is 24.3 Å². The lowest BCUT2D eigenvalue weighted by Gasteiger charge is -2.34. The van der Waals surface area contributed by atoms with E-state index < -0.39 is 0 Å². The molecule has 3 atom stereocenters. The molecule has 4 nitrogen and oxygen atoms in total. The number of nitrogens with one attached hydrogen (secondary N) is 1. The van der Waals surface area contributed by atoms with Gasteiger partial charge in [-0.15, -0.1) is 0 Å². The van der Waals surface area contributed by atoms with Crippen LogP contribution in [0.4, 0.5) is 5.69 Å². The summed E-state index contributed by atoms with van der Waals surface area (Å²) in [6, 6.07) is 7.39. The van der Waals surface area contributed by atoms with Crippen molar-refractivity contribution in [3.8, 4) is 0 Å². The molecule has 0 saturated heterocycles. The van der Waals surface area contributed by atoms with Crippen molar-refractivity contribution in [2.24, 2.45) is 11.8 Å². The number of non-ortho nitro benzene ring substituents is 1. The van der Waals surface area contributed by atoms with Crippen molar-refractivity contribution in [3.63, 3.8) is 0 Å². The highest BCUT2D eigenvalue weighted by Crippen LogP contribution is 2.29. The van der Waals surface area contributed by atoms with Gasteiger partial charge in [-0.2, -0.15) is 0 Å². The maximum absolute atomic E-state index is 10.6. The Hall–Kier alpha value is -1.42. The summed E-state index contributed by atoms with van der Waals surface area (Å²) in [7, 11) is 0. The normalized spacial score (nSPS) is 27.2. The van der Waals surface area contributed by atoms with Gasteiger partial charge < -0.3 is 5.32 Å². The average Bonchev–Trinajstić information content (AvgIpc) is 2.41. The van der Waals surface area contributed by atoms with E-state index in [1.54, 1.807) is 12.1 Å². The van der Waals surface area contributed by atoms with Crippen LogP contribution in [0.5, 0.6) is 0 Å². The van der Waals surface area contributed by atoms with Crippen molar-refractivity contribution in [1.82, 2.24) is 5.32 Å². The van der Waals surface area contributed by atoms with Gasteiger partial charge in [0.2, 0.25) is 0 Å². The van der Waals surface area contributed by atoms with Crippen LogP contribution in [0.25, 0.3) is 0 Å². The zero-order valence-electron chi connectivity index (χ0n) is 11.6. The summed E-state index contributed by atoms with van der Waals surface area (Å²) in [6.45, 7) is 5.43. The van der Waals surface area contributed by atoms with Crippen LogP contribution in [0.3, 0.4) is 0 Å². The molecule has 1 N–H and O–H groups in total. The van der Waals surface area contributed by atoms with Crippen molar-refractivity contribution in [3.05, 3.63) is 39.9 Å². The third-order valence-corrected chi connectivity index (χ3v) is 4.42.